The van der Waals surface area contributed by atoms with Crippen LogP contribution in [-0.2, 0) is 10.8 Å². The fraction of sp³-hybridized carbons (Fsp3) is 0.125. The molecule has 0 N–H and O–H groups in total. The summed E-state index contributed by atoms with van der Waals surface area (Å²) in [6, 6.07) is 56.6. The van der Waals surface area contributed by atoms with Crippen molar-refractivity contribution in [1.29, 1.82) is 0 Å². The van der Waals surface area contributed by atoms with Gasteiger partial charge < -0.3 is 4.90 Å². The van der Waals surface area contributed by atoms with Crippen molar-refractivity contribution in [2.45, 2.75) is 38.5 Å². The normalized spacial score (nSPS) is 14.7. The highest BCUT2D eigenvalue weighted by Gasteiger charge is 2.40. The van der Waals surface area contributed by atoms with E-state index in [1.165, 1.54) is 87.2 Å². The standard InChI is InChI=1S/C48H37NS/c1-47(2)40-19-8-5-13-34(40)36-28-27-32(29-42(36)47)49(43-21-12-17-38-35-14-6-9-20-41(35)48(3,4)45(38)43)31-25-23-30(24-26-31)33-16-11-18-39-37-15-7-10-22-44(37)50-46(33)39/h5-29H,1-4H3. The molecule has 2 heteroatoms. The van der Waals surface area contributed by atoms with Crippen molar-refractivity contribution in [2.24, 2.45) is 0 Å². The molecule has 0 aliphatic heterocycles. The van der Waals surface area contributed by atoms with Crippen molar-refractivity contribution < 1.29 is 0 Å². The molecule has 0 atom stereocenters. The van der Waals surface area contributed by atoms with E-state index in [1.54, 1.807) is 0 Å². The molecule has 1 heterocycles. The average Bonchev–Trinajstić information content (AvgIpc) is 3.72. The van der Waals surface area contributed by atoms with Gasteiger partial charge in [-0.05, 0) is 92.0 Å². The molecule has 1 nitrogen and oxygen atoms in total. The van der Waals surface area contributed by atoms with E-state index in [4.69, 9.17) is 0 Å². The fourth-order valence-corrected chi connectivity index (χ4v) is 10.3. The van der Waals surface area contributed by atoms with Gasteiger partial charge in [0.1, 0.15) is 0 Å². The smallest absolute Gasteiger partial charge is 0.0508 e. The zero-order valence-corrected chi connectivity index (χ0v) is 29.6. The largest absolute Gasteiger partial charge is 0.310 e. The second-order valence-electron chi connectivity index (χ2n) is 14.9. The van der Waals surface area contributed by atoms with Gasteiger partial charge in [-0.3, -0.25) is 0 Å². The third-order valence-corrected chi connectivity index (χ3v) is 12.7. The second kappa shape index (κ2) is 10.5. The number of benzene rings is 7. The quantitative estimate of drug-likeness (QED) is 0.182. The van der Waals surface area contributed by atoms with Crippen molar-refractivity contribution in [1.82, 2.24) is 0 Å². The van der Waals surface area contributed by atoms with Crippen molar-refractivity contribution in [3.63, 3.8) is 0 Å². The van der Waals surface area contributed by atoms with Crippen LogP contribution in [0.2, 0.25) is 0 Å². The van der Waals surface area contributed by atoms with E-state index in [1.807, 2.05) is 11.3 Å². The maximum Gasteiger partial charge on any atom is 0.0508 e. The van der Waals surface area contributed by atoms with Gasteiger partial charge in [0.25, 0.3) is 0 Å². The molecule has 240 valence electrons. The first-order chi connectivity index (χ1) is 24.3. The van der Waals surface area contributed by atoms with Gasteiger partial charge in [0.2, 0.25) is 0 Å². The minimum atomic E-state index is -0.149. The number of rotatable bonds is 4. The summed E-state index contributed by atoms with van der Waals surface area (Å²) < 4.78 is 2.68. The van der Waals surface area contributed by atoms with Crippen LogP contribution in [-0.4, -0.2) is 0 Å². The molecule has 0 unspecified atom stereocenters. The highest BCUT2D eigenvalue weighted by atomic mass is 32.1. The second-order valence-corrected chi connectivity index (χ2v) is 16.0. The van der Waals surface area contributed by atoms with Crippen LogP contribution in [0.15, 0.2) is 152 Å². The van der Waals surface area contributed by atoms with Gasteiger partial charge in [-0.2, -0.15) is 0 Å². The van der Waals surface area contributed by atoms with Crippen molar-refractivity contribution in [2.75, 3.05) is 4.90 Å². The third-order valence-electron chi connectivity index (χ3n) is 11.5. The molecule has 50 heavy (non-hydrogen) atoms. The summed E-state index contributed by atoms with van der Waals surface area (Å²) in [6.07, 6.45) is 0. The van der Waals surface area contributed by atoms with Crippen LogP contribution in [0.25, 0.3) is 53.6 Å². The van der Waals surface area contributed by atoms with Gasteiger partial charge in [0.15, 0.2) is 0 Å². The minimum Gasteiger partial charge on any atom is -0.310 e. The summed E-state index contributed by atoms with van der Waals surface area (Å²) >= 11 is 1.89. The number of anilines is 3. The molecular weight excluding hydrogens is 623 g/mol. The lowest BCUT2D eigenvalue weighted by Crippen LogP contribution is -2.21. The van der Waals surface area contributed by atoms with E-state index in [-0.39, 0.29) is 10.8 Å². The van der Waals surface area contributed by atoms with Gasteiger partial charge in [-0.25, -0.2) is 0 Å². The molecule has 0 spiro atoms. The fourth-order valence-electron chi connectivity index (χ4n) is 9.03. The van der Waals surface area contributed by atoms with Crippen LogP contribution in [0.5, 0.6) is 0 Å². The van der Waals surface area contributed by atoms with Gasteiger partial charge in [-0.15, -0.1) is 11.3 Å². The molecule has 7 aromatic carbocycles. The Hall–Kier alpha value is -5.44. The third kappa shape index (κ3) is 4.06. The molecule has 2 aliphatic rings. The zero-order chi connectivity index (χ0) is 33.8. The van der Waals surface area contributed by atoms with Gasteiger partial charge >= 0.3 is 0 Å². The molecule has 0 saturated carbocycles. The lowest BCUT2D eigenvalue weighted by Gasteiger charge is -2.33. The number of hydrogen-bond donors (Lipinski definition) is 0. The van der Waals surface area contributed by atoms with E-state index in [0.29, 0.717) is 0 Å². The lowest BCUT2D eigenvalue weighted by molar-refractivity contribution is 0.658. The molecule has 2 aliphatic carbocycles. The summed E-state index contributed by atoms with van der Waals surface area (Å²) in [5.74, 6) is 0. The Kier molecular flexibility index (Phi) is 6.21. The average molecular weight is 660 g/mol. The molecular formula is C48H37NS. The van der Waals surface area contributed by atoms with E-state index < -0.39 is 0 Å². The Morgan fingerprint density at radius 2 is 1.02 bits per heavy atom. The Labute approximate surface area is 298 Å². The van der Waals surface area contributed by atoms with Crippen LogP contribution in [0.3, 0.4) is 0 Å². The first-order valence-corrected chi connectivity index (χ1v) is 18.4. The lowest BCUT2D eigenvalue weighted by atomic mass is 9.81. The van der Waals surface area contributed by atoms with Gasteiger partial charge in [-0.1, -0.05) is 143 Å². The molecule has 0 bridgehead atoms. The Balaban J connectivity index is 1.17. The number of hydrogen-bond acceptors (Lipinski definition) is 2. The van der Waals surface area contributed by atoms with Crippen molar-refractivity contribution >= 4 is 48.6 Å². The monoisotopic (exact) mass is 659 g/mol. The van der Waals surface area contributed by atoms with Gasteiger partial charge in [0, 0.05) is 42.4 Å². The minimum absolute atomic E-state index is 0.0888. The molecule has 0 fully saturated rings. The van der Waals surface area contributed by atoms with E-state index in [0.717, 1.165) is 5.69 Å². The summed E-state index contributed by atoms with van der Waals surface area (Å²) in [4.78, 5) is 2.51. The topological polar surface area (TPSA) is 3.24 Å². The van der Waals surface area contributed by atoms with E-state index >= 15 is 0 Å². The maximum atomic E-state index is 2.51. The van der Waals surface area contributed by atoms with Crippen LogP contribution < -0.4 is 4.90 Å². The number of fused-ring (bicyclic) bond motifs is 9. The Morgan fingerprint density at radius 3 is 1.82 bits per heavy atom. The summed E-state index contributed by atoms with van der Waals surface area (Å²) in [5, 5.41) is 2.66. The highest BCUT2D eigenvalue weighted by Crippen LogP contribution is 2.56. The van der Waals surface area contributed by atoms with Crippen molar-refractivity contribution in [3.05, 3.63) is 174 Å². The summed E-state index contributed by atoms with van der Waals surface area (Å²) in [5.41, 5.74) is 16.8. The van der Waals surface area contributed by atoms with Crippen LogP contribution in [0.1, 0.15) is 49.9 Å². The van der Waals surface area contributed by atoms with Gasteiger partial charge in [0.05, 0.1) is 5.69 Å². The number of nitrogens with zero attached hydrogens (tertiary/aromatic N) is 1. The molecule has 0 amide bonds. The molecule has 1 aromatic heterocycles. The molecule has 0 radical (unpaired) electrons. The van der Waals surface area contributed by atoms with Crippen molar-refractivity contribution in [3.8, 4) is 33.4 Å². The SMILES string of the molecule is CC1(C)c2ccccc2-c2ccc(N(c3ccc(-c4cccc5c4sc4ccccc45)cc3)c3cccc4c3C(C)(C)c3ccccc3-4)cc21. The van der Waals surface area contributed by atoms with Crippen LogP contribution in [0, 0.1) is 0 Å². The van der Waals surface area contributed by atoms with Crippen LogP contribution >= 0.6 is 11.3 Å². The van der Waals surface area contributed by atoms with Crippen LogP contribution in [0.4, 0.5) is 17.1 Å². The van der Waals surface area contributed by atoms with E-state index in [9.17, 15) is 0 Å². The first kappa shape index (κ1) is 29.5. The summed E-state index contributed by atoms with van der Waals surface area (Å²) in [7, 11) is 0. The Morgan fingerprint density at radius 1 is 0.440 bits per heavy atom. The first-order valence-electron chi connectivity index (χ1n) is 17.6. The van der Waals surface area contributed by atoms with E-state index in [2.05, 4.69) is 184 Å². The molecule has 10 rings (SSSR count). The highest BCUT2D eigenvalue weighted by molar-refractivity contribution is 7.26. The molecule has 8 aromatic rings. The maximum absolute atomic E-state index is 2.51. The predicted molar refractivity (Wildman–Crippen MR) is 215 cm³/mol. The molecule has 0 saturated heterocycles. The Bertz CT molecular complexity index is 2650. The summed E-state index contributed by atoms with van der Waals surface area (Å²) in [6.45, 7) is 9.51. The zero-order valence-electron chi connectivity index (χ0n) is 28.8. The predicted octanol–water partition coefficient (Wildman–Crippen LogP) is 13.8. The number of thiophene rings is 1.